The summed E-state index contributed by atoms with van der Waals surface area (Å²) in [4.78, 5) is 38.3. The second-order valence-corrected chi connectivity index (χ2v) is 12.1. The van der Waals surface area contributed by atoms with E-state index < -0.39 is 0 Å². The molecular formula is C31H26FN5O4S2. The highest BCUT2D eigenvalue weighted by Gasteiger charge is 2.34. The van der Waals surface area contributed by atoms with E-state index in [0.29, 0.717) is 69.6 Å². The van der Waals surface area contributed by atoms with Crippen LogP contribution in [0.5, 0.6) is 11.5 Å². The SMILES string of the molecule is Cc1ccc2nc(N3CCN(c4ccccc4F)CC3)c(/C=C3/SC(=S)N(Cc4ccc5c(c4)OCO5)C3=O)c(=O)n2c1. The van der Waals surface area contributed by atoms with Crippen molar-refractivity contribution >= 4 is 57.4 Å². The van der Waals surface area contributed by atoms with E-state index in [1.54, 1.807) is 24.4 Å². The van der Waals surface area contributed by atoms with Gasteiger partial charge in [-0.1, -0.05) is 48.2 Å². The number of ether oxygens (including phenoxy) is 2. The molecule has 2 aromatic heterocycles. The van der Waals surface area contributed by atoms with Gasteiger partial charge in [0.1, 0.15) is 21.6 Å². The zero-order valence-electron chi connectivity index (χ0n) is 23.2. The second kappa shape index (κ2) is 11.0. The molecule has 2 fully saturated rings. The number of pyridine rings is 1. The van der Waals surface area contributed by atoms with Gasteiger partial charge in [-0.05, 0) is 54.5 Å². The van der Waals surface area contributed by atoms with Gasteiger partial charge in [0.15, 0.2) is 11.5 Å². The zero-order valence-corrected chi connectivity index (χ0v) is 24.8. The molecule has 0 aliphatic carbocycles. The molecule has 1 amide bonds. The number of rotatable bonds is 5. The van der Waals surface area contributed by atoms with E-state index >= 15 is 0 Å². The van der Waals surface area contributed by atoms with E-state index in [9.17, 15) is 14.0 Å². The van der Waals surface area contributed by atoms with Gasteiger partial charge in [-0.25, -0.2) is 9.37 Å². The maximum atomic E-state index is 14.5. The van der Waals surface area contributed by atoms with Crippen molar-refractivity contribution in [1.29, 1.82) is 0 Å². The summed E-state index contributed by atoms with van der Waals surface area (Å²) in [6.45, 7) is 4.47. The minimum Gasteiger partial charge on any atom is -0.454 e. The highest BCUT2D eigenvalue weighted by Crippen LogP contribution is 2.37. The Labute approximate surface area is 256 Å². The predicted molar refractivity (Wildman–Crippen MR) is 168 cm³/mol. The van der Waals surface area contributed by atoms with Crippen molar-refractivity contribution in [2.75, 3.05) is 42.8 Å². The van der Waals surface area contributed by atoms with E-state index in [1.807, 2.05) is 53.1 Å². The number of aryl methyl sites for hydroxylation is 1. The molecule has 0 bridgehead atoms. The fourth-order valence-electron chi connectivity index (χ4n) is 5.47. The van der Waals surface area contributed by atoms with Crippen molar-refractivity contribution in [1.82, 2.24) is 14.3 Å². The van der Waals surface area contributed by atoms with E-state index in [0.717, 1.165) is 22.9 Å². The summed E-state index contributed by atoms with van der Waals surface area (Å²) in [5.41, 5.74) is 2.85. The summed E-state index contributed by atoms with van der Waals surface area (Å²) < 4.78 is 27.2. The van der Waals surface area contributed by atoms with Crippen LogP contribution in [0.2, 0.25) is 0 Å². The Morgan fingerprint density at radius 2 is 1.77 bits per heavy atom. The highest BCUT2D eigenvalue weighted by atomic mass is 32.2. The van der Waals surface area contributed by atoms with Gasteiger partial charge in [-0.2, -0.15) is 0 Å². The average molecular weight is 616 g/mol. The standard InChI is InChI=1S/C31H26FN5O4S2/c1-19-6-9-27-33-28(35-12-10-34(11-13-35)23-5-3-2-4-22(23)32)21(29(38)36(27)16-19)15-26-30(39)37(31(42)43-26)17-20-7-8-24-25(14-20)41-18-40-24/h2-9,14-16H,10-13,17-18H2,1H3/b26-15+. The van der Waals surface area contributed by atoms with Crippen molar-refractivity contribution < 1.29 is 18.7 Å². The van der Waals surface area contributed by atoms with Crippen LogP contribution < -0.4 is 24.8 Å². The van der Waals surface area contributed by atoms with Gasteiger partial charge in [0.25, 0.3) is 11.5 Å². The molecule has 2 aromatic carbocycles. The fraction of sp³-hybridized carbons (Fsp3) is 0.226. The van der Waals surface area contributed by atoms with Crippen LogP contribution in [-0.2, 0) is 11.3 Å². The van der Waals surface area contributed by atoms with Crippen molar-refractivity contribution in [2.45, 2.75) is 13.5 Å². The van der Waals surface area contributed by atoms with Crippen LogP contribution in [0.25, 0.3) is 11.7 Å². The van der Waals surface area contributed by atoms with Gasteiger partial charge in [-0.3, -0.25) is 18.9 Å². The number of carbonyl (C=O) groups is 1. The Bertz CT molecular complexity index is 1890. The van der Waals surface area contributed by atoms with Crippen molar-refractivity contribution in [2.24, 2.45) is 0 Å². The number of hydrogen-bond donors (Lipinski definition) is 0. The lowest BCUT2D eigenvalue weighted by Crippen LogP contribution is -2.47. The molecule has 0 radical (unpaired) electrons. The minimum atomic E-state index is -0.281. The summed E-state index contributed by atoms with van der Waals surface area (Å²) in [6, 6.07) is 16.0. The molecule has 12 heteroatoms. The lowest BCUT2D eigenvalue weighted by Gasteiger charge is -2.37. The Kier molecular flexibility index (Phi) is 7.02. The van der Waals surface area contributed by atoms with Gasteiger partial charge in [-0.15, -0.1) is 0 Å². The van der Waals surface area contributed by atoms with Crippen LogP contribution in [0, 0.1) is 12.7 Å². The number of anilines is 2. The first-order valence-corrected chi connectivity index (χ1v) is 15.0. The second-order valence-electron chi connectivity index (χ2n) is 10.5. The molecule has 3 aliphatic rings. The van der Waals surface area contributed by atoms with E-state index in [2.05, 4.69) is 0 Å². The normalized spacial score (nSPS) is 17.5. The number of nitrogens with zero attached hydrogens (tertiary/aromatic N) is 5. The topological polar surface area (TPSA) is 79.6 Å². The van der Waals surface area contributed by atoms with Gasteiger partial charge >= 0.3 is 0 Å². The molecule has 0 N–H and O–H groups in total. The van der Waals surface area contributed by atoms with Gasteiger partial charge < -0.3 is 19.3 Å². The summed E-state index contributed by atoms with van der Waals surface area (Å²) in [5.74, 6) is 1.23. The number of halogens is 1. The number of thioether (sulfide) groups is 1. The monoisotopic (exact) mass is 615 g/mol. The summed E-state index contributed by atoms with van der Waals surface area (Å²) in [7, 11) is 0. The molecule has 43 heavy (non-hydrogen) atoms. The molecule has 0 unspecified atom stereocenters. The van der Waals surface area contributed by atoms with Crippen molar-refractivity contribution in [3.63, 3.8) is 0 Å². The smallest absolute Gasteiger partial charge is 0.267 e. The Hall–Kier alpha value is -4.42. The number of para-hydroxylation sites is 1. The number of carbonyl (C=O) groups excluding carboxylic acids is 1. The number of piperazine rings is 1. The zero-order chi connectivity index (χ0) is 29.7. The lowest BCUT2D eigenvalue weighted by atomic mass is 10.1. The molecule has 3 aliphatic heterocycles. The molecule has 0 atom stereocenters. The fourth-order valence-corrected chi connectivity index (χ4v) is 6.71. The molecule has 7 rings (SSSR count). The number of thiocarbonyl (C=S) groups is 1. The third-order valence-electron chi connectivity index (χ3n) is 7.68. The summed E-state index contributed by atoms with van der Waals surface area (Å²) in [6.07, 6.45) is 3.36. The molecule has 4 aromatic rings. The maximum absolute atomic E-state index is 14.5. The van der Waals surface area contributed by atoms with Gasteiger partial charge in [0.2, 0.25) is 6.79 Å². The Morgan fingerprint density at radius 1 is 1.00 bits per heavy atom. The number of hydrogen-bond acceptors (Lipinski definition) is 9. The van der Waals surface area contributed by atoms with Crippen molar-refractivity contribution in [3.05, 3.63) is 98.6 Å². The van der Waals surface area contributed by atoms with Crippen LogP contribution in [0.1, 0.15) is 16.7 Å². The Balaban J connectivity index is 1.21. The quantitative estimate of drug-likeness (QED) is 0.237. The van der Waals surface area contributed by atoms with Crippen molar-refractivity contribution in [3.8, 4) is 11.5 Å². The summed E-state index contributed by atoms with van der Waals surface area (Å²) >= 11 is 6.75. The number of fused-ring (bicyclic) bond motifs is 2. The first-order chi connectivity index (χ1) is 20.9. The van der Waals surface area contributed by atoms with Crippen LogP contribution in [-0.4, -0.2) is 57.5 Å². The average Bonchev–Trinajstić information content (AvgIpc) is 3.58. The third kappa shape index (κ3) is 5.10. The molecule has 5 heterocycles. The number of amides is 1. The molecule has 2 saturated heterocycles. The highest BCUT2D eigenvalue weighted by molar-refractivity contribution is 8.26. The van der Waals surface area contributed by atoms with Crippen LogP contribution >= 0.6 is 24.0 Å². The largest absolute Gasteiger partial charge is 0.454 e. The van der Waals surface area contributed by atoms with E-state index in [-0.39, 0.29) is 30.6 Å². The van der Waals surface area contributed by atoms with Crippen LogP contribution in [0.15, 0.2) is 70.5 Å². The van der Waals surface area contributed by atoms with Crippen LogP contribution in [0.4, 0.5) is 15.9 Å². The first kappa shape index (κ1) is 27.4. The first-order valence-electron chi connectivity index (χ1n) is 13.8. The van der Waals surface area contributed by atoms with E-state index in [4.69, 9.17) is 26.7 Å². The molecule has 0 spiro atoms. The van der Waals surface area contributed by atoms with E-state index in [1.165, 1.54) is 15.4 Å². The van der Waals surface area contributed by atoms with Gasteiger partial charge in [0.05, 0.1) is 22.7 Å². The molecule has 0 saturated carbocycles. The number of benzene rings is 2. The van der Waals surface area contributed by atoms with Gasteiger partial charge in [0, 0.05) is 32.4 Å². The minimum absolute atomic E-state index is 0.165. The summed E-state index contributed by atoms with van der Waals surface area (Å²) in [5, 5.41) is 0. The lowest BCUT2D eigenvalue weighted by molar-refractivity contribution is -0.122. The third-order valence-corrected chi connectivity index (χ3v) is 9.06. The molecule has 218 valence electrons. The number of aromatic nitrogens is 2. The maximum Gasteiger partial charge on any atom is 0.267 e. The molecule has 9 nitrogen and oxygen atoms in total. The predicted octanol–water partition coefficient (Wildman–Crippen LogP) is 4.60. The van der Waals surface area contributed by atoms with Crippen LogP contribution in [0.3, 0.4) is 0 Å². The Morgan fingerprint density at radius 3 is 2.58 bits per heavy atom. The molecular weight excluding hydrogens is 590 g/mol.